The van der Waals surface area contributed by atoms with Crippen molar-refractivity contribution in [1.82, 2.24) is 19.6 Å². The molecule has 1 unspecified atom stereocenters. The van der Waals surface area contributed by atoms with Crippen LogP contribution in [0.1, 0.15) is 39.2 Å². The Balaban J connectivity index is 1.44. The standard InChI is InChI=1S/C24H29N7O2/c1-23(2,32)14-33-18-4-19(22-17(7-25)8-29-31(22)13-18)20-9-28-21(10-27-20)30-11-15-5-24(3,26)6-16(15)12-30/h4,8-10,13,15-16,32H,5-6,11-12,14,26H2,1-3H3/t15-,16+,24?. The van der Waals surface area contributed by atoms with Crippen LogP contribution in [0.5, 0.6) is 5.75 Å². The van der Waals surface area contributed by atoms with Crippen LogP contribution < -0.4 is 15.4 Å². The van der Waals surface area contributed by atoms with E-state index >= 15 is 0 Å². The SMILES string of the molecule is CC(C)(O)COc1cc(-c2cnc(N3C[C@@H]4CC(C)(N)C[C@@H]4C3)cn2)c2c(C#N)cnn2c1. The van der Waals surface area contributed by atoms with Crippen LogP contribution in [0.25, 0.3) is 16.8 Å². The maximum absolute atomic E-state index is 10.0. The summed E-state index contributed by atoms with van der Waals surface area (Å²) in [5.41, 5.74) is 7.75. The van der Waals surface area contributed by atoms with Crippen LogP contribution in [0.15, 0.2) is 30.9 Å². The van der Waals surface area contributed by atoms with E-state index in [1.54, 1.807) is 37.0 Å². The summed E-state index contributed by atoms with van der Waals surface area (Å²) in [4.78, 5) is 11.7. The van der Waals surface area contributed by atoms with Crippen LogP contribution in [0.2, 0.25) is 0 Å². The molecule has 5 rings (SSSR count). The van der Waals surface area contributed by atoms with Crippen molar-refractivity contribution >= 4 is 11.3 Å². The van der Waals surface area contributed by atoms with Gasteiger partial charge in [0.05, 0.1) is 47.2 Å². The van der Waals surface area contributed by atoms with Gasteiger partial charge in [0, 0.05) is 24.2 Å². The molecular formula is C24H29N7O2. The topological polar surface area (TPSA) is 126 Å². The van der Waals surface area contributed by atoms with Gasteiger partial charge in [-0.25, -0.2) is 9.50 Å². The second-order valence-electron chi connectivity index (χ2n) is 10.4. The minimum atomic E-state index is -0.978. The summed E-state index contributed by atoms with van der Waals surface area (Å²) < 4.78 is 7.39. The summed E-state index contributed by atoms with van der Waals surface area (Å²) in [6.07, 6.45) is 8.84. The quantitative estimate of drug-likeness (QED) is 0.611. The first-order valence-electron chi connectivity index (χ1n) is 11.2. The fourth-order valence-electron chi connectivity index (χ4n) is 5.21. The molecule has 3 aromatic rings. The average molecular weight is 448 g/mol. The zero-order valence-electron chi connectivity index (χ0n) is 19.2. The van der Waals surface area contributed by atoms with Gasteiger partial charge in [0.15, 0.2) is 0 Å². The summed E-state index contributed by atoms with van der Waals surface area (Å²) in [7, 11) is 0. The normalized spacial score (nSPS) is 24.8. The summed E-state index contributed by atoms with van der Waals surface area (Å²) in [5, 5.41) is 23.9. The van der Waals surface area contributed by atoms with Crippen LogP contribution in [-0.2, 0) is 0 Å². The fourth-order valence-corrected chi connectivity index (χ4v) is 5.21. The molecule has 1 aliphatic heterocycles. The molecule has 33 heavy (non-hydrogen) atoms. The summed E-state index contributed by atoms with van der Waals surface area (Å²) in [6, 6.07) is 4.01. The number of nitrogens with two attached hydrogens (primary N) is 1. The van der Waals surface area contributed by atoms with E-state index in [2.05, 4.69) is 28.0 Å². The minimum Gasteiger partial charge on any atom is -0.489 e. The molecule has 0 aromatic carbocycles. The number of nitrogens with zero attached hydrogens (tertiary/aromatic N) is 6. The van der Waals surface area contributed by atoms with Gasteiger partial charge in [-0.2, -0.15) is 10.4 Å². The maximum atomic E-state index is 10.0. The Bertz CT molecular complexity index is 1200. The third-order valence-corrected chi connectivity index (χ3v) is 6.57. The van der Waals surface area contributed by atoms with Gasteiger partial charge < -0.3 is 20.5 Å². The lowest BCUT2D eigenvalue weighted by Gasteiger charge is -2.23. The van der Waals surface area contributed by atoms with Crippen molar-refractivity contribution in [3.05, 3.63) is 36.4 Å². The molecule has 172 valence electrons. The maximum Gasteiger partial charge on any atom is 0.147 e. The van der Waals surface area contributed by atoms with E-state index in [1.807, 2.05) is 6.07 Å². The molecule has 1 aliphatic carbocycles. The van der Waals surface area contributed by atoms with Crippen LogP contribution in [-0.4, -0.2) is 55.5 Å². The van der Waals surface area contributed by atoms with Crippen molar-refractivity contribution in [2.75, 3.05) is 24.6 Å². The lowest BCUT2D eigenvalue weighted by molar-refractivity contribution is 0.0283. The summed E-state index contributed by atoms with van der Waals surface area (Å²) >= 11 is 0. The highest BCUT2D eigenvalue weighted by atomic mass is 16.5. The smallest absolute Gasteiger partial charge is 0.147 e. The van der Waals surface area contributed by atoms with Gasteiger partial charge in [0.25, 0.3) is 0 Å². The first-order valence-corrected chi connectivity index (χ1v) is 11.2. The van der Waals surface area contributed by atoms with E-state index in [4.69, 9.17) is 15.5 Å². The van der Waals surface area contributed by atoms with E-state index in [-0.39, 0.29) is 12.1 Å². The average Bonchev–Trinajstić information content (AvgIpc) is 3.41. The van der Waals surface area contributed by atoms with Gasteiger partial charge in [-0.1, -0.05) is 0 Å². The predicted molar refractivity (Wildman–Crippen MR) is 124 cm³/mol. The monoisotopic (exact) mass is 447 g/mol. The van der Waals surface area contributed by atoms with Crippen molar-refractivity contribution in [2.45, 2.75) is 44.8 Å². The number of pyridine rings is 1. The van der Waals surface area contributed by atoms with Crippen molar-refractivity contribution in [2.24, 2.45) is 17.6 Å². The Kier molecular flexibility index (Phi) is 5.03. The zero-order chi connectivity index (χ0) is 23.4. The molecular weight excluding hydrogens is 418 g/mol. The van der Waals surface area contributed by atoms with Crippen LogP contribution in [0.3, 0.4) is 0 Å². The first-order chi connectivity index (χ1) is 15.6. The molecule has 1 saturated carbocycles. The number of anilines is 1. The highest BCUT2D eigenvalue weighted by molar-refractivity contribution is 5.83. The molecule has 3 N–H and O–H groups in total. The fraction of sp³-hybridized carbons (Fsp3) is 0.500. The second-order valence-corrected chi connectivity index (χ2v) is 10.4. The third kappa shape index (κ3) is 4.24. The number of aromatic nitrogens is 4. The Morgan fingerprint density at radius 2 is 1.97 bits per heavy atom. The molecule has 2 fully saturated rings. The molecule has 3 aromatic heterocycles. The highest BCUT2D eigenvalue weighted by Crippen LogP contribution is 2.43. The van der Waals surface area contributed by atoms with Crippen LogP contribution >= 0.6 is 0 Å². The van der Waals surface area contributed by atoms with Crippen molar-refractivity contribution in [3.63, 3.8) is 0 Å². The molecule has 3 atom stereocenters. The highest BCUT2D eigenvalue weighted by Gasteiger charge is 2.45. The van der Waals surface area contributed by atoms with Gasteiger partial charge in [-0.15, -0.1) is 0 Å². The molecule has 1 saturated heterocycles. The van der Waals surface area contributed by atoms with Gasteiger partial charge >= 0.3 is 0 Å². The Morgan fingerprint density at radius 3 is 2.58 bits per heavy atom. The number of hydrogen-bond acceptors (Lipinski definition) is 8. The van der Waals surface area contributed by atoms with Crippen LogP contribution in [0.4, 0.5) is 5.82 Å². The van der Waals surface area contributed by atoms with Gasteiger partial charge in [0.2, 0.25) is 0 Å². The third-order valence-electron chi connectivity index (χ3n) is 6.57. The molecule has 9 heteroatoms. The van der Waals surface area contributed by atoms with E-state index in [0.717, 1.165) is 31.7 Å². The number of aliphatic hydroxyl groups is 1. The van der Waals surface area contributed by atoms with Gasteiger partial charge in [0.1, 0.15) is 24.2 Å². The van der Waals surface area contributed by atoms with E-state index in [9.17, 15) is 10.4 Å². The molecule has 0 bridgehead atoms. The summed E-state index contributed by atoms with van der Waals surface area (Å²) in [5.74, 6) is 2.59. The number of fused-ring (bicyclic) bond motifs is 2. The second kappa shape index (κ2) is 7.68. The van der Waals surface area contributed by atoms with Crippen molar-refractivity contribution in [3.8, 4) is 23.1 Å². The zero-order valence-corrected chi connectivity index (χ0v) is 19.2. The molecule has 2 aliphatic rings. The molecule has 0 radical (unpaired) electrons. The van der Waals surface area contributed by atoms with Crippen LogP contribution in [0, 0.1) is 23.2 Å². The van der Waals surface area contributed by atoms with E-state index < -0.39 is 5.60 Å². The summed E-state index contributed by atoms with van der Waals surface area (Å²) in [6.45, 7) is 7.54. The van der Waals surface area contributed by atoms with E-state index in [0.29, 0.717) is 39.9 Å². The van der Waals surface area contributed by atoms with Gasteiger partial charge in [-0.05, 0) is 51.5 Å². The molecule has 0 spiro atoms. The molecule has 4 heterocycles. The van der Waals surface area contributed by atoms with E-state index in [1.165, 1.54) is 6.20 Å². The number of rotatable bonds is 5. The predicted octanol–water partition coefficient (Wildman–Crippen LogP) is 2.38. The number of nitriles is 1. The Hall–Kier alpha value is -3.22. The lowest BCUT2D eigenvalue weighted by atomic mass is 10.00. The molecule has 9 nitrogen and oxygen atoms in total. The number of ether oxygens (including phenoxy) is 1. The Labute approximate surface area is 192 Å². The first kappa shape index (κ1) is 21.6. The number of hydrogen-bond donors (Lipinski definition) is 2. The van der Waals surface area contributed by atoms with Crippen molar-refractivity contribution in [1.29, 1.82) is 5.26 Å². The minimum absolute atomic E-state index is 0.0512. The lowest BCUT2D eigenvalue weighted by Crippen LogP contribution is -2.35. The molecule has 0 amide bonds. The largest absolute Gasteiger partial charge is 0.489 e. The van der Waals surface area contributed by atoms with Gasteiger partial charge in [-0.3, -0.25) is 4.98 Å². The van der Waals surface area contributed by atoms with Crippen molar-refractivity contribution < 1.29 is 9.84 Å². The Morgan fingerprint density at radius 1 is 1.24 bits per heavy atom.